The number of anilines is 1. The molecule has 4 rings (SSSR count). The summed E-state index contributed by atoms with van der Waals surface area (Å²) in [5, 5.41) is 13.5. The SMILES string of the molecule is CSc1nc2c(c(=O)n1CC(=O)Nc1sc3c(c1C#N)CCC3)CCC2. The van der Waals surface area contributed by atoms with Gasteiger partial charge in [0, 0.05) is 10.4 Å². The molecule has 6 nitrogen and oxygen atoms in total. The van der Waals surface area contributed by atoms with Crippen molar-refractivity contribution in [3.05, 3.63) is 37.6 Å². The molecule has 0 radical (unpaired) electrons. The molecule has 0 aliphatic heterocycles. The monoisotopic (exact) mass is 386 g/mol. The lowest BCUT2D eigenvalue weighted by molar-refractivity contribution is -0.116. The molecule has 2 aromatic rings. The van der Waals surface area contributed by atoms with Crippen molar-refractivity contribution in [3.8, 4) is 6.07 Å². The van der Waals surface area contributed by atoms with E-state index in [1.165, 1.54) is 32.5 Å². The van der Waals surface area contributed by atoms with Crippen LogP contribution in [0.4, 0.5) is 5.00 Å². The van der Waals surface area contributed by atoms with Gasteiger partial charge in [0.1, 0.15) is 17.6 Å². The summed E-state index contributed by atoms with van der Waals surface area (Å²) in [6.45, 7) is -0.0806. The summed E-state index contributed by atoms with van der Waals surface area (Å²) < 4.78 is 1.46. The normalized spacial score (nSPS) is 14.8. The smallest absolute Gasteiger partial charge is 0.258 e. The molecule has 8 heteroatoms. The number of thioether (sulfide) groups is 1. The number of nitriles is 1. The van der Waals surface area contributed by atoms with E-state index in [-0.39, 0.29) is 18.0 Å². The predicted molar refractivity (Wildman–Crippen MR) is 102 cm³/mol. The van der Waals surface area contributed by atoms with E-state index in [2.05, 4.69) is 16.4 Å². The van der Waals surface area contributed by atoms with Crippen LogP contribution in [0.5, 0.6) is 0 Å². The zero-order valence-corrected chi connectivity index (χ0v) is 16.1. The molecule has 0 fully saturated rings. The van der Waals surface area contributed by atoms with Gasteiger partial charge < -0.3 is 5.32 Å². The summed E-state index contributed by atoms with van der Waals surface area (Å²) in [7, 11) is 0. The third-order valence-electron chi connectivity index (χ3n) is 4.92. The predicted octanol–water partition coefficient (Wildman–Crippen LogP) is 2.51. The summed E-state index contributed by atoms with van der Waals surface area (Å²) in [6, 6.07) is 2.22. The van der Waals surface area contributed by atoms with Gasteiger partial charge in [-0.15, -0.1) is 11.3 Å². The molecule has 0 bridgehead atoms. The summed E-state index contributed by atoms with van der Waals surface area (Å²) in [4.78, 5) is 31.1. The zero-order chi connectivity index (χ0) is 18.3. The van der Waals surface area contributed by atoms with Crippen LogP contribution >= 0.6 is 23.1 Å². The van der Waals surface area contributed by atoms with Crippen molar-refractivity contribution in [2.45, 2.75) is 50.2 Å². The molecule has 2 aliphatic carbocycles. The third kappa shape index (κ3) is 2.85. The van der Waals surface area contributed by atoms with E-state index >= 15 is 0 Å². The fourth-order valence-corrected chi connectivity index (χ4v) is 5.55. The lowest BCUT2D eigenvalue weighted by atomic mass is 10.1. The molecule has 1 N–H and O–H groups in total. The second-order valence-corrected chi connectivity index (χ2v) is 8.37. The fourth-order valence-electron chi connectivity index (χ4n) is 3.72. The van der Waals surface area contributed by atoms with Crippen molar-refractivity contribution in [3.63, 3.8) is 0 Å². The Bertz CT molecular complexity index is 1000. The average Bonchev–Trinajstić information content (AvgIpc) is 3.32. The van der Waals surface area contributed by atoms with E-state index < -0.39 is 0 Å². The molecular formula is C18H18N4O2S2. The molecule has 0 saturated carbocycles. The summed E-state index contributed by atoms with van der Waals surface area (Å²) >= 11 is 2.86. The van der Waals surface area contributed by atoms with Crippen LogP contribution in [0.25, 0.3) is 0 Å². The minimum atomic E-state index is -0.293. The molecule has 2 heterocycles. The summed E-state index contributed by atoms with van der Waals surface area (Å²) in [6.07, 6.45) is 7.29. The Morgan fingerprint density at radius 1 is 1.31 bits per heavy atom. The van der Waals surface area contributed by atoms with Crippen LogP contribution in [0.15, 0.2) is 9.95 Å². The first-order valence-electron chi connectivity index (χ1n) is 8.63. The summed E-state index contributed by atoms with van der Waals surface area (Å²) in [5.74, 6) is -0.293. The van der Waals surface area contributed by atoms with E-state index in [1.807, 2.05) is 6.26 Å². The molecule has 2 aliphatic rings. The van der Waals surface area contributed by atoms with Crippen LogP contribution in [0.2, 0.25) is 0 Å². The highest BCUT2D eigenvalue weighted by Crippen LogP contribution is 2.38. The lowest BCUT2D eigenvalue weighted by Gasteiger charge is -2.12. The van der Waals surface area contributed by atoms with E-state index in [4.69, 9.17) is 0 Å². The van der Waals surface area contributed by atoms with E-state index in [1.54, 1.807) is 0 Å². The Kier molecular flexibility index (Phi) is 4.59. The molecule has 1 amide bonds. The van der Waals surface area contributed by atoms with Gasteiger partial charge in [-0.25, -0.2) is 4.98 Å². The van der Waals surface area contributed by atoms with Gasteiger partial charge in [-0.05, 0) is 50.3 Å². The largest absolute Gasteiger partial charge is 0.315 e. The molecule has 0 atom stereocenters. The molecule has 0 unspecified atom stereocenters. The Hall–Kier alpha value is -2.11. The van der Waals surface area contributed by atoms with Crippen LogP contribution in [0.1, 0.15) is 40.1 Å². The highest BCUT2D eigenvalue weighted by Gasteiger charge is 2.25. The lowest BCUT2D eigenvalue weighted by Crippen LogP contribution is -2.31. The molecule has 0 spiro atoms. The maximum absolute atomic E-state index is 12.7. The zero-order valence-electron chi connectivity index (χ0n) is 14.4. The number of aryl methyl sites for hydroxylation is 2. The Balaban J connectivity index is 1.60. The third-order valence-corrected chi connectivity index (χ3v) is 6.81. The van der Waals surface area contributed by atoms with Crippen molar-refractivity contribution in [1.82, 2.24) is 9.55 Å². The number of rotatable bonds is 4. The Labute approximate surface area is 159 Å². The number of carbonyl (C=O) groups excluding carboxylic acids is 1. The quantitative estimate of drug-likeness (QED) is 0.644. The Morgan fingerprint density at radius 2 is 2.08 bits per heavy atom. The van der Waals surface area contributed by atoms with Crippen molar-refractivity contribution in [2.75, 3.05) is 11.6 Å². The van der Waals surface area contributed by atoms with Crippen LogP contribution in [-0.4, -0.2) is 21.7 Å². The number of aromatic nitrogens is 2. The van der Waals surface area contributed by atoms with Crippen LogP contribution < -0.4 is 10.9 Å². The number of nitrogens with zero attached hydrogens (tertiary/aromatic N) is 3. The fraction of sp³-hybridized carbons (Fsp3) is 0.444. The number of nitrogens with one attached hydrogen (secondary N) is 1. The minimum absolute atomic E-state index is 0.0806. The molecule has 0 saturated heterocycles. The van der Waals surface area contributed by atoms with Gasteiger partial charge in [0.2, 0.25) is 5.91 Å². The molecule has 26 heavy (non-hydrogen) atoms. The van der Waals surface area contributed by atoms with Gasteiger partial charge in [0.05, 0.1) is 11.3 Å². The first kappa shape index (κ1) is 17.3. The average molecular weight is 387 g/mol. The second kappa shape index (κ2) is 6.89. The van der Waals surface area contributed by atoms with Crippen molar-refractivity contribution in [1.29, 1.82) is 5.26 Å². The number of amides is 1. The Morgan fingerprint density at radius 3 is 2.85 bits per heavy atom. The maximum atomic E-state index is 12.7. The van der Waals surface area contributed by atoms with Gasteiger partial charge in [-0.2, -0.15) is 5.26 Å². The van der Waals surface area contributed by atoms with Crippen molar-refractivity contribution >= 4 is 34.0 Å². The second-order valence-electron chi connectivity index (χ2n) is 6.49. The van der Waals surface area contributed by atoms with Crippen LogP contribution in [-0.2, 0) is 37.0 Å². The van der Waals surface area contributed by atoms with Crippen molar-refractivity contribution in [2.24, 2.45) is 0 Å². The minimum Gasteiger partial charge on any atom is -0.315 e. The van der Waals surface area contributed by atoms with Gasteiger partial charge >= 0.3 is 0 Å². The summed E-state index contributed by atoms with van der Waals surface area (Å²) in [5.41, 5.74) is 3.16. The molecule has 2 aromatic heterocycles. The van der Waals surface area contributed by atoms with Gasteiger partial charge in [-0.3, -0.25) is 14.2 Å². The number of fused-ring (bicyclic) bond motifs is 2. The van der Waals surface area contributed by atoms with Gasteiger partial charge in [0.25, 0.3) is 5.56 Å². The maximum Gasteiger partial charge on any atom is 0.258 e. The topological polar surface area (TPSA) is 87.8 Å². The first-order valence-corrected chi connectivity index (χ1v) is 10.7. The van der Waals surface area contributed by atoms with Gasteiger partial charge in [0.15, 0.2) is 5.16 Å². The van der Waals surface area contributed by atoms with Gasteiger partial charge in [-0.1, -0.05) is 11.8 Å². The highest BCUT2D eigenvalue weighted by atomic mass is 32.2. The number of hydrogen-bond acceptors (Lipinski definition) is 6. The number of hydrogen-bond donors (Lipinski definition) is 1. The van der Waals surface area contributed by atoms with E-state index in [9.17, 15) is 14.9 Å². The van der Waals surface area contributed by atoms with E-state index in [0.29, 0.717) is 15.7 Å². The first-order chi connectivity index (χ1) is 12.6. The molecule has 134 valence electrons. The molecule has 0 aromatic carbocycles. The number of carbonyl (C=O) groups is 1. The van der Waals surface area contributed by atoms with Crippen molar-refractivity contribution < 1.29 is 4.79 Å². The number of thiophene rings is 1. The highest BCUT2D eigenvalue weighted by molar-refractivity contribution is 7.98. The van der Waals surface area contributed by atoms with E-state index in [0.717, 1.165) is 55.3 Å². The van der Waals surface area contributed by atoms with Crippen LogP contribution in [0, 0.1) is 11.3 Å². The molecular weight excluding hydrogens is 368 g/mol. The standard InChI is InChI=1S/C18H18N4O2S2/c1-25-18-20-13-6-2-5-11(13)17(24)22(18)9-15(23)21-16-12(8-19)10-4-3-7-14(10)26-16/h2-7,9H2,1H3,(H,21,23). The van der Waals surface area contributed by atoms with Crippen LogP contribution in [0.3, 0.4) is 0 Å².